The lowest BCUT2D eigenvalue weighted by atomic mass is 9.68. The molecule has 0 saturated carbocycles. The first kappa shape index (κ1) is 27.0. The van der Waals surface area contributed by atoms with Crippen LogP contribution < -0.4 is 9.80 Å². The fourth-order valence-electron chi connectivity index (χ4n) is 8.17. The minimum absolute atomic E-state index is 0.236. The van der Waals surface area contributed by atoms with Gasteiger partial charge < -0.3 is 9.80 Å². The summed E-state index contributed by atoms with van der Waals surface area (Å²) in [6.07, 6.45) is 0. The van der Waals surface area contributed by atoms with Crippen LogP contribution in [0.1, 0.15) is 49.9 Å². The van der Waals surface area contributed by atoms with Gasteiger partial charge in [0.05, 0.1) is 22.7 Å². The molecule has 2 aliphatic heterocycles. The molecule has 0 atom stereocenters. The molecular weight excluding hydrogens is 556 g/mol. The average Bonchev–Trinajstić information content (AvgIpc) is 3.09. The molecule has 2 nitrogen and oxygen atoms in total. The van der Waals surface area contributed by atoms with Crippen molar-refractivity contribution >= 4 is 55.7 Å². The van der Waals surface area contributed by atoms with Crippen LogP contribution in [-0.2, 0) is 10.8 Å². The Morgan fingerprint density at radius 2 is 0.739 bits per heavy atom. The third kappa shape index (κ3) is 3.64. The molecule has 9 rings (SSSR count). The van der Waals surface area contributed by atoms with Gasteiger partial charge >= 0.3 is 0 Å². The van der Waals surface area contributed by atoms with E-state index in [-0.39, 0.29) is 10.8 Å². The standard InChI is InChI=1S/C44H36N2/c1-43(2)35-25-23-29-15-11-13-21-33(29)41(35)45(31-17-7-5-8-18-31)39-28-38-40(27-37(39)43)46(32-19-9-6-10-20-32)42-34-22-14-12-16-30(34)24-26-36(42)44(38,3)4/h5-28H,1-4H3. The smallest absolute Gasteiger partial charge is 0.0581 e. The van der Waals surface area contributed by atoms with Crippen molar-refractivity contribution in [2.45, 2.75) is 38.5 Å². The fourth-order valence-corrected chi connectivity index (χ4v) is 8.17. The van der Waals surface area contributed by atoms with Gasteiger partial charge in [-0.1, -0.05) is 137 Å². The van der Waals surface area contributed by atoms with Crippen LogP contribution in [0.15, 0.2) is 146 Å². The van der Waals surface area contributed by atoms with E-state index in [1.807, 2.05) is 0 Å². The summed E-state index contributed by atoms with van der Waals surface area (Å²) >= 11 is 0. The number of hydrogen-bond donors (Lipinski definition) is 0. The second-order valence-corrected chi connectivity index (χ2v) is 13.8. The second-order valence-electron chi connectivity index (χ2n) is 13.8. The van der Waals surface area contributed by atoms with Crippen LogP contribution in [0, 0.1) is 0 Å². The minimum atomic E-state index is -0.236. The van der Waals surface area contributed by atoms with Crippen LogP contribution in [0.25, 0.3) is 21.5 Å². The first-order chi connectivity index (χ1) is 22.4. The summed E-state index contributed by atoms with van der Waals surface area (Å²) in [6, 6.07) is 53.8. The molecule has 0 N–H and O–H groups in total. The summed E-state index contributed by atoms with van der Waals surface area (Å²) in [5, 5.41) is 5.08. The lowest BCUT2D eigenvalue weighted by Gasteiger charge is -2.47. The van der Waals surface area contributed by atoms with Crippen LogP contribution in [0.3, 0.4) is 0 Å². The second kappa shape index (κ2) is 9.58. The van der Waals surface area contributed by atoms with E-state index in [2.05, 4.69) is 183 Å². The Kier molecular flexibility index (Phi) is 5.63. The molecule has 0 radical (unpaired) electrons. The van der Waals surface area contributed by atoms with Crippen molar-refractivity contribution in [3.05, 3.63) is 168 Å². The highest BCUT2D eigenvalue weighted by Gasteiger charge is 2.43. The average molecular weight is 593 g/mol. The van der Waals surface area contributed by atoms with Crippen molar-refractivity contribution in [2.75, 3.05) is 9.80 Å². The maximum absolute atomic E-state index is 2.53. The van der Waals surface area contributed by atoms with E-state index in [4.69, 9.17) is 0 Å². The number of hydrogen-bond acceptors (Lipinski definition) is 2. The molecule has 2 heterocycles. The third-order valence-corrected chi connectivity index (χ3v) is 10.6. The summed E-state index contributed by atoms with van der Waals surface area (Å²) in [4.78, 5) is 5.05. The topological polar surface area (TPSA) is 6.48 Å². The molecule has 0 aromatic heterocycles. The van der Waals surface area contributed by atoms with Gasteiger partial charge in [-0.3, -0.25) is 0 Å². The van der Waals surface area contributed by atoms with E-state index in [0.29, 0.717) is 0 Å². The molecule has 0 aliphatic carbocycles. The molecule has 0 saturated heterocycles. The molecular formula is C44H36N2. The summed E-state index contributed by atoms with van der Waals surface area (Å²) in [6.45, 7) is 9.60. The molecule has 2 aliphatic rings. The Morgan fingerprint density at radius 3 is 1.15 bits per heavy atom. The molecule has 2 heteroatoms. The normalized spacial score (nSPS) is 15.7. The van der Waals surface area contributed by atoms with E-state index in [9.17, 15) is 0 Å². The summed E-state index contributed by atoms with van der Waals surface area (Å²) in [5.41, 5.74) is 12.3. The molecule has 7 aromatic rings. The van der Waals surface area contributed by atoms with Gasteiger partial charge in [-0.2, -0.15) is 0 Å². The monoisotopic (exact) mass is 592 g/mol. The summed E-state index contributed by atoms with van der Waals surface area (Å²) in [5.74, 6) is 0. The number of rotatable bonds is 2. The highest BCUT2D eigenvalue weighted by Crippen LogP contribution is 2.60. The number of anilines is 6. The lowest BCUT2D eigenvalue weighted by molar-refractivity contribution is 0.616. The molecule has 0 amide bonds. The fraction of sp³-hybridized carbons (Fsp3) is 0.136. The Labute approximate surface area is 271 Å². The van der Waals surface area contributed by atoms with E-state index in [1.165, 1.54) is 77.9 Å². The van der Waals surface area contributed by atoms with E-state index < -0.39 is 0 Å². The Hall–Kier alpha value is -5.34. The number of benzene rings is 7. The van der Waals surface area contributed by atoms with Gasteiger partial charge in [-0.25, -0.2) is 0 Å². The largest absolute Gasteiger partial charge is 0.309 e. The zero-order chi connectivity index (χ0) is 31.2. The molecule has 46 heavy (non-hydrogen) atoms. The number of para-hydroxylation sites is 2. The van der Waals surface area contributed by atoms with Crippen molar-refractivity contribution in [3.63, 3.8) is 0 Å². The molecule has 0 bridgehead atoms. The highest BCUT2D eigenvalue weighted by atomic mass is 15.2. The molecule has 0 fully saturated rings. The maximum atomic E-state index is 2.53. The highest BCUT2D eigenvalue weighted by molar-refractivity contribution is 6.06. The van der Waals surface area contributed by atoms with E-state index in [0.717, 1.165) is 0 Å². The van der Waals surface area contributed by atoms with E-state index >= 15 is 0 Å². The van der Waals surface area contributed by atoms with Crippen molar-refractivity contribution in [2.24, 2.45) is 0 Å². The van der Waals surface area contributed by atoms with Crippen molar-refractivity contribution in [3.8, 4) is 0 Å². The zero-order valence-electron chi connectivity index (χ0n) is 26.8. The van der Waals surface area contributed by atoms with Crippen molar-refractivity contribution in [1.29, 1.82) is 0 Å². The Bertz CT molecular complexity index is 2150. The van der Waals surface area contributed by atoms with Gasteiger partial charge in [0.1, 0.15) is 0 Å². The molecule has 222 valence electrons. The van der Waals surface area contributed by atoms with Crippen LogP contribution in [0.2, 0.25) is 0 Å². The Morgan fingerprint density at radius 1 is 0.370 bits per heavy atom. The van der Waals surface area contributed by atoms with Crippen molar-refractivity contribution < 1.29 is 0 Å². The van der Waals surface area contributed by atoms with Crippen LogP contribution in [0.5, 0.6) is 0 Å². The maximum Gasteiger partial charge on any atom is 0.0581 e. The predicted molar refractivity (Wildman–Crippen MR) is 195 cm³/mol. The zero-order valence-corrected chi connectivity index (χ0v) is 26.8. The first-order valence-electron chi connectivity index (χ1n) is 16.3. The summed E-state index contributed by atoms with van der Waals surface area (Å²) < 4.78 is 0. The van der Waals surface area contributed by atoms with Gasteiger partial charge in [0.25, 0.3) is 0 Å². The third-order valence-electron chi connectivity index (χ3n) is 10.6. The Balaban J connectivity index is 1.41. The minimum Gasteiger partial charge on any atom is -0.309 e. The van der Waals surface area contributed by atoms with Crippen molar-refractivity contribution in [1.82, 2.24) is 0 Å². The first-order valence-corrected chi connectivity index (χ1v) is 16.3. The SMILES string of the molecule is CC1(C)c2cc3c(cc2N(c2ccccc2)c2c1ccc1ccccc21)C(C)(C)c1ccc2ccccc2c1N3c1ccccc1. The molecule has 0 unspecified atom stereocenters. The predicted octanol–water partition coefficient (Wildman–Crippen LogP) is 12.2. The van der Waals surface area contributed by atoms with E-state index in [1.54, 1.807) is 0 Å². The number of nitrogens with zero attached hydrogens (tertiary/aromatic N) is 2. The number of fused-ring (bicyclic) bond motifs is 8. The lowest BCUT2D eigenvalue weighted by Crippen LogP contribution is -2.35. The van der Waals surface area contributed by atoms with Gasteiger partial charge in [-0.05, 0) is 69.4 Å². The van der Waals surface area contributed by atoms with Crippen LogP contribution in [0.4, 0.5) is 34.1 Å². The summed E-state index contributed by atoms with van der Waals surface area (Å²) in [7, 11) is 0. The van der Waals surface area contributed by atoms with Gasteiger partial charge in [0, 0.05) is 33.0 Å². The quantitative estimate of drug-likeness (QED) is 0.197. The van der Waals surface area contributed by atoms with Crippen LogP contribution in [-0.4, -0.2) is 0 Å². The van der Waals surface area contributed by atoms with Crippen LogP contribution >= 0.6 is 0 Å². The van der Waals surface area contributed by atoms with Gasteiger partial charge in [0.2, 0.25) is 0 Å². The molecule has 7 aromatic carbocycles. The van der Waals surface area contributed by atoms with Gasteiger partial charge in [-0.15, -0.1) is 0 Å². The molecule has 0 spiro atoms. The van der Waals surface area contributed by atoms with Gasteiger partial charge in [0.15, 0.2) is 0 Å².